The van der Waals surface area contributed by atoms with Crippen LogP contribution in [0.1, 0.15) is 20.3 Å². The van der Waals surface area contributed by atoms with Crippen molar-refractivity contribution in [1.82, 2.24) is 5.32 Å². The van der Waals surface area contributed by atoms with Gasteiger partial charge in [-0.1, -0.05) is 0 Å². The van der Waals surface area contributed by atoms with E-state index >= 15 is 0 Å². The molecule has 58 valence electrons. The first kappa shape index (κ1) is 7.54. The van der Waals surface area contributed by atoms with E-state index in [0.717, 1.165) is 0 Å². The van der Waals surface area contributed by atoms with Crippen LogP contribution < -0.4 is 5.32 Å². The molecule has 1 heterocycles. The van der Waals surface area contributed by atoms with Crippen LogP contribution in [-0.4, -0.2) is 23.2 Å². The Hall–Kier alpha value is -0.570. The van der Waals surface area contributed by atoms with Crippen LogP contribution in [0.15, 0.2) is 0 Å². The third-order valence-electron chi connectivity index (χ3n) is 1.98. The molecule has 0 aromatic rings. The van der Waals surface area contributed by atoms with Gasteiger partial charge in [-0.05, 0) is 13.8 Å². The first-order valence-electron chi connectivity index (χ1n) is 3.49. The van der Waals surface area contributed by atoms with Gasteiger partial charge in [-0.25, -0.2) is 0 Å². The Morgan fingerprint density at radius 2 is 2.30 bits per heavy atom. The molecular weight excluding hydrogens is 130 g/mol. The molecule has 1 amide bonds. The number of carbonyl (C=O) groups is 1. The smallest absolute Gasteiger partial charge is 0.220 e. The first-order valence-corrected chi connectivity index (χ1v) is 3.49. The topological polar surface area (TPSA) is 49.3 Å². The summed E-state index contributed by atoms with van der Waals surface area (Å²) < 4.78 is 0. The molecule has 0 aliphatic carbocycles. The van der Waals surface area contributed by atoms with Crippen LogP contribution in [0.5, 0.6) is 0 Å². The molecule has 0 radical (unpaired) electrons. The van der Waals surface area contributed by atoms with Crippen molar-refractivity contribution in [3.63, 3.8) is 0 Å². The maximum atomic E-state index is 10.7. The van der Waals surface area contributed by atoms with E-state index in [1.165, 1.54) is 0 Å². The third kappa shape index (κ3) is 1.48. The van der Waals surface area contributed by atoms with Crippen LogP contribution in [-0.2, 0) is 4.79 Å². The van der Waals surface area contributed by atoms with E-state index in [1.54, 1.807) is 13.8 Å². The summed E-state index contributed by atoms with van der Waals surface area (Å²) in [5, 5.41) is 12.1. The van der Waals surface area contributed by atoms with Gasteiger partial charge in [-0.15, -0.1) is 0 Å². The van der Waals surface area contributed by atoms with Crippen molar-refractivity contribution in [3.05, 3.63) is 0 Å². The minimum atomic E-state index is -0.723. The number of carbonyl (C=O) groups excluding carboxylic acids is 1. The summed E-state index contributed by atoms with van der Waals surface area (Å²) in [5.41, 5.74) is -0.723. The van der Waals surface area contributed by atoms with Gasteiger partial charge >= 0.3 is 0 Å². The highest BCUT2D eigenvalue weighted by molar-refractivity contribution is 5.78. The molecule has 1 rings (SSSR count). The minimum Gasteiger partial charge on any atom is -0.390 e. The van der Waals surface area contributed by atoms with Crippen molar-refractivity contribution >= 4 is 5.91 Å². The van der Waals surface area contributed by atoms with Gasteiger partial charge in [0.25, 0.3) is 0 Å². The Morgan fingerprint density at radius 1 is 1.70 bits per heavy atom. The highest BCUT2D eigenvalue weighted by Gasteiger charge is 2.33. The molecule has 1 fully saturated rings. The molecule has 3 nitrogen and oxygen atoms in total. The summed E-state index contributed by atoms with van der Waals surface area (Å²) in [6.45, 7) is 4.08. The van der Waals surface area contributed by atoms with E-state index in [-0.39, 0.29) is 11.8 Å². The summed E-state index contributed by atoms with van der Waals surface area (Å²) in [6.07, 6.45) is 0.462. The highest BCUT2D eigenvalue weighted by atomic mass is 16.3. The van der Waals surface area contributed by atoms with Gasteiger partial charge in [0, 0.05) is 18.9 Å². The maximum Gasteiger partial charge on any atom is 0.220 e. The van der Waals surface area contributed by atoms with Crippen LogP contribution in [0.2, 0.25) is 0 Å². The quantitative estimate of drug-likeness (QED) is 0.538. The number of hydrogen-bond acceptors (Lipinski definition) is 2. The first-order chi connectivity index (χ1) is 4.50. The van der Waals surface area contributed by atoms with E-state index in [0.29, 0.717) is 13.0 Å². The van der Waals surface area contributed by atoms with Crippen molar-refractivity contribution in [2.24, 2.45) is 5.92 Å². The van der Waals surface area contributed by atoms with E-state index < -0.39 is 5.60 Å². The molecular formula is C7H13NO2. The summed E-state index contributed by atoms with van der Waals surface area (Å²) >= 11 is 0. The number of hydrogen-bond donors (Lipinski definition) is 2. The summed E-state index contributed by atoms with van der Waals surface area (Å²) in [7, 11) is 0. The molecule has 2 N–H and O–H groups in total. The lowest BCUT2D eigenvalue weighted by atomic mass is 9.90. The number of aliphatic hydroxyl groups is 1. The standard InChI is InChI=1S/C7H13NO2/c1-7(2,10)5-3-6(9)8-4-5/h5,10H,3-4H2,1-2H3,(H,8,9). The molecule has 1 aliphatic heterocycles. The lowest BCUT2D eigenvalue weighted by molar-refractivity contribution is -0.119. The molecule has 1 saturated heterocycles. The van der Waals surface area contributed by atoms with Gasteiger partial charge in [0.1, 0.15) is 0 Å². The molecule has 0 bridgehead atoms. The van der Waals surface area contributed by atoms with E-state index in [4.69, 9.17) is 0 Å². The Labute approximate surface area is 60.4 Å². The van der Waals surface area contributed by atoms with Crippen molar-refractivity contribution in [3.8, 4) is 0 Å². The second kappa shape index (κ2) is 2.23. The van der Waals surface area contributed by atoms with Crippen LogP contribution in [0.4, 0.5) is 0 Å². The fourth-order valence-electron chi connectivity index (χ4n) is 1.10. The molecule has 0 saturated carbocycles. The molecule has 0 spiro atoms. The highest BCUT2D eigenvalue weighted by Crippen LogP contribution is 2.22. The third-order valence-corrected chi connectivity index (χ3v) is 1.98. The van der Waals surface area contributed by atoms with Crippen molar-refractivity contribution < 1.29 is 9.90 Å². The number of amides is 1. The second-order valence-corrected chi connectivity index (χ2v) is 3.36. The molecule has 1 aliphatic rings. The fourth-order valence-corrected chi connectivity index (χ4v) is 1.10. The normalized spacial score (nSPS) is 26.7. The maximum absolute atomic E-state index is 10.7. The average molecular weight is 143 g/mol. The minimum absolute atomic E-state index is 0.0483. The van der Waals surface area contributed by atoms with Crippen LogP contribution in [0, 0.1) is 5.92 Å². The average Bonchev–Trinajstić information content (AvgIpc) is 2.11. The predicted octanol–water partition coefficient (Wildman–Crippen LogP) is -0.107. The van der Waals surface area contributed by atoms with E-state index in [2.05, 4.69) is 5.32 Å². The molecule has 3 heteroatoms. The van der Waals surface area contributed by atoms with Crippen LogP contribution in [0.3, 0.4) is 0 Å². The molecule has 1 atom stereocenters. The second-order valence-electron chi connectivity index (χ2n) is 3.36. The molecule has 0 aromatic carbocycles. The van der Waals surface area contributed by atoms with Gasteiger partial charge in [0.05, 0.1) is 5.60 Å². The molecule has 0 aromatic heterocycles. The zero-order valence-electron chi connectivity index (χ0n) is 6.35. The SMILES string of the molecule is CC(C)(O)C1CNC(=O)C1. The summed E-state index contributed by atoms with van der Waals surface area (Å²) in [5.74, 6) is 0.132. The Morgan fingerprint density at radius 3 is 2.50 bits per heavy atom. The van der Waals surface area contributed by atoms with Gasteiger partial charge in [-0.2, -0.15) is 0 Å². The van der Waals surface area contributed by atoms with Crippen molar-refractivity contribution in [2.45, 2.75) is 25.9 Å². The number of rotatable bonds is 1. The predicted molar refractivity (Wildman–Crippen MR) is 37.4 cm³/mol. The Bertz CT molecular complexity index is 148. The van der Waals surface area contributed by atoms with Gasteiger partial charge in [0.15, 0.2) is 0 Å². The molecule has 10 heavy (non-hydrogen) atoms. The van der Waals surface area contributed by atoms with Gasteiger partial charge in [-0.3, -0.25) is 4.79 Å². The lowest BCUT2D eigenvalue weighted by Crippen LogP contribution is -2.32. The van der Waals surface area contributed by atoms with E-state index in [1.807, 2.05) is 0 Å². The Balaban J connectivity index is 2.53. The molecule has 1 unspecified atom stereocenters. The van der Waals surface area contributed by atoms with Crippen LogP contribution in [0.25, 0.3) is 0 Å². The fraction of sp³-hybridized carbons (Fsp3) is 0.857. The Kier molecular flexibility index (Phi) is 1.68. The van der Waals surface area contributed by atoms with Crippen molar-refractivity contribution in [2.75, 3.05) is 6.54 Å². The summed E-state index contributed by atoms with van der Waals surface area (Å²) in [6, 6.07) is 0. The zero-order chi connectivity index (χ0) is 7.78. The number of nitrogens with one attached hydrogen (secondary N) is 1. The van der Waals surface area contributed by atoms with E-state index in [9.17, 15) is 9.90 Å². The van der Waals surface area contributed by atoms with Gasteiger partial charge in [0.2, 0.25) is 5.91 Å². The van der Waals surface area contributed by atoms with Crippen LogP contribution >= 0.6 is 0 Å². The monoisotopic (exact) mass is 143 g/mol. The lowest BCUT2D eigenvalue weighted by Gasteiger charge is -2.23. The largest absolute Gasteiger partial charge is 0.390 e. The summed E-state index contributed by atoms with van der Waals surface area (Å²) in [4.78, 5) is 10.7. The van der Waals surface area contributed by atoms with Crippen molar-refractivity contribution in [1.29, 1.82) is 0 Å². The zero-order valence-corrected chi connectivity index (χ0v) is 6.35. The van der Waals surface area contributed by atoms with Gasteiger partial charge < -0.3 is 10.4 Å².